The van der Waals surface area contributed by atoms with E-state index in [0.717, 1.165) is 12.0 Å². The predicted octanol–water partition coefficient (Wildman–Crippen LogP) is 4.69. The van der Waals surface area contributed by atoms with Gasteiger partial charge in [-0.15, -0.1) is 0 Å². The van der Waals surface area contributed by atoms with E-state index in [9.17, 15) is 0 Å². The first-order chi connectivity index (χ1) is 9.71. The molecule has 2 nitrogen and oxygen atoms in total. The molecule has 0 aromatic carbocycles. The van der Waals surface area contributed by atoms with Gasteiger partial charge in [-0.3, -0.25) is 0 Å². The third-order valence-corrected chi connectivity index (χ3v) is 5.33. The van der Waals surface area contributed by atoms with E-state index in [4.69, 9.17) is 0 Å². The Kier molecular flexibility index (Phi) is 7.19. The summed E-state index contributed by atoms with van der Waals surface area (Å²) in [5.74, 6) is 0.885. The Morgan fingerprint density at radius 2 is 1.86 bits per heavy atom. The van der Waals surface area contributed by atoms with E-state index >= 15 is 0 Å². The zero-order chi connectivity index (χ0) is 16.1. The Bertz CT molecular complexity index is 290. The average Bonchev–Trinajstić information content (AvgIpc) is 2.37. The molecular formula is C19H40N2. The van der Waals surface area contributed by atoms with Gasteiger partial charge in [0.05, 0.1) is 0 Å². The van der Waals surface area contributed by atoms with Crippen molar-refractivity contribution in [3.05, 3.63) is 0 Å². The number of hydrogen-bond donors (Lipinski definition) is 1. The number of nitrogens with zero attached hydrogens (tertiary/aromatic N) is 1. The van der Waals surface area contributed by atoms with Crippen LogP contribution in [0.3, 0.4) is 0 Å². The summed E-state index contributed by atoms with van der Waals surface area (Å²) >= 11 is 0. The molecule has 126 valence electrons. The maximum atomic E-state index is 3.81. The molecule has 0 heterocycles. The van der Waals surface area contributed by atoms with E-state index in [1.807, 2.05) is 0 Å². The summed E-state index contributed by atoms with van der Waals surface area (Å²) in [7, 11) is 2.34. The van der Waals surface area contributed by atoms with Gasteiger partial charge < -0.3 is 10.2 Å². The minimum absolute atomic E-state index is 0.223. The van der Waals surface area contributed by atoms with Crippen LogP contribution in [-0.4, -0.2) is 36.6 Å². The quantitative estimate of drug-likeness (QED) is 0.733. The molecule has 21 heavy (non-hydrogen) atoms. The molecule has 0 radical (unpaired) electrons. The van der Waals surface area contributed by atoms with Crippen LogP contribution in [0.15, 0.2) is 0 Å². The molecule has 1 rings (SSSR count). The molecule has 2 unspecified atom stereocenters. The van der Waals surface area contributed by atoms with E-state index in [-0.39, 0.29) is 5.54 Å². The fourth-order valence-corrected chi connectivity index (χ4v) is 4.15. The van der Waals surface area contributed by atoms with Crippen LogP contribution in [0, 0.1) is 11.3 Å². The van der Waals surface area contributed by atoms with Crippen LogP contribution in [0.25, 0.3) is 0 Å². The molecule has 1 fully saturated rings. The SMILES string of the molecule is CCC(CC)N(C)CC1(CNC(C)(C)C)CCCC(C)C1. The molecule has 0 aromatic rings. The molecule has 0 aromatic heterocycles. The molecule has 2 heteroatoms. The van der Waals surface area contributed by atoms with Crippen molar-refractivity contribution in [2.45, 2.75) is 91.6 Å². The molecule has 0 amide bonds. The number of nitrogens with one attached hydrogen (secondary N) is 1. The lowest BCUT2D eigenvalue weighted by Crippen LogP contribution is -2.51. The van der Waals surface area contributed by atoms with Gasteiger partial charge in [0.2, 0.25) is 0 Å². The zero-order valence-corrected chi connectivity index (χ0v) is 15.8. The van der Waals surface area contributed by atoms with Crippen LogP contribution in [-0.2, 0) is 0 Å². The Morgan fingerprint density at radius 1 is 1.24 bits per heavy atom. The van der Waals surface area contributed by atoms with E-state index in [2.05, 4.69) is 58.8 Å². The molecule has 1 aliphatic carbocycles. The van der Waals surface area contributed by atoms with Crippen LogP contribution in [0.2, 0.25) is 0 Å². The Hall–Kier alpha value is -0.0800. The van der Waals surface area contributed by atoms with Crippen molar-refractivity contribution in [3.63, 3.8) is 0 Å². The second-order valence-corrected chi connectivity index (χ2v) is 8.69. The first-order valence-electron chi connectivity index (χ1n) is 9.16. The maximum absolute atomic E-state index is 3.81. The maximum Gasteiger partial charge on any atom is 0.00967 e. The summed E-state index contributed by atoms with van der Waals surface area (Å²) in [6.45, 7) is 16.4. The minimum atomic E-state index is 0.223. The van der Waals surface area contributed by atoms with Crippen molar-refractivity contribution in [2.75, 3.05) is 20.1 Å². The highest BCUT2D eigenvalue weighted by Crippen LogP contribution is 2.40. The lowest BCUT2D eigenvalue weighted by atomic mass is 9.69. The standard InChI is InChI=1S/C19H40N2/c1-8-17(9-2)21(7)15-19(14-20-18(4,5)6)12-10-11-16(3)13-19/h16-17,20H,8-15H2,1-7H3. The second-order valence-electron chi connectivity index (χ2n) is 8.69. The molecule has 0 spiro atoms. The highest BCUT2D eigenvalue weighted by molar-refractivity contribution is 4.92. The minimum Gasteiger partial charge on any atom is -0.311 e. The Morgan fingerprint density at radius 3 is 2.33 bits per heavy atom. The van der Waals surface area contributed by atoms with Crippen LogP contribution in [0.5, 0.6) is 0 Å². The van der Waals surface area contributed by atoms with Gasteiger partial charge in [-0.05, 0) is 64.8 Å². The molecular weight excluding hydrogens is 256 g/mol. The van der Waals surface area contributed by atoms with Gasteiger partial charge in [0.25, 0.3) is 0 Å². The summed E-state index contributed by atoms with van der Waals surface area (Å²) in [4.78, 5) is 2.64. The Labute approximate surface area is 134 Å². The van der Waals surface area contributed by atoms with Gasteiger partial charge in [-0.2, -0.15) is 0 Å². The van der Waals surface area contributed by atoms with Crippen LogP contribution in [0.4, 0.5) is 0 Å². The highest BCUT2D eigenvalue weighted by atomic mass is 15.1. The lowest BCUT2D eigenvalue weighted by Gasteiger charge is -2.45. The zero-order valence-electron chi connectivity index (χ0n) is 15.8. The van der Waals surface area contributed by atoms with E-state index in [0.29, 0.717) is 5.41 Å². The largest absolute Gasteiger partial charge is 0.311 e. The number of hydrogen-bond acceptors (Lipinski definition) is 2. The highest BCUT2D eigenvalue weighted by Gasteiger charge is 2.37. The summed E-state index contributed by atoms with van der Waals surface area (Å²) < 4.78 is 0. The van der Waals surface area contributed by atoms with Crippen molar-refractivity contribution in [2.24, 2.45) is 11.3 Å². The summed E-state index contributed by atoms with van der Waals surface area (Å²) in [5.41, 5.74) is 0.698. The monoisotopic (exact) mass is 296 g/mol. The molecule has 0 saturated heterocycles. The molecule has 2 atom stereocenters. The Balaban J connectivity index is 2.76. The van der Waals surface area contributed by atoms with Crippen LogP contribution >= 0.6 is 0 Å². The van der Waals surface area contributed by atoms with E-state index in [1.165, 1.54) is 51.6 Å². The summed E-state index contributed by atoms with van der Waals surface area (Å²) in [5, 5.41) is 3.81. The second kappa shape index (κ2) is 7.97. The molecule has 1 aliphatic rings. The summed E-state index contributed by atoms with van der Waals surface area (Å²) in [6, 6.07) is 0.744. The van der Waals surface area contributed by atoms with Crippen molar-refractivity contribution >= 4 is 0 Å². The van der Waals surface area contributed by atoms with Crippen LogP contribution < -0.4 is 5.32 Å². The van der Waals surface area contributed by atoms with Crippen molar-refractivity contribution < 1.29 is 0 Å². The van der Waals surface area contributed by atoms with Crippen molar-refractivity contribution in [1.82, 2.24) is 10.2 Å². The van der Waals surface area contributed by atoms with Gasteiger partial charge in [0, 0.05) is 24.7 Å². The third kappa shape index (κ3) is 6.28. The average molecular weight is 297 g/mol. The van der Waals surface area contributed by atoms with E-state index < -0.39 is 0 Å². The fraction of sp³-hybridized carbons (Fsp3) is 1.00. The molecule has 1 saturated carbocycles. The van der Waals surface area contributed by atoms with Gasteiger partial charge in [0.1, 0.15) is 0 Å². The topological polar surface area (TPSA) is 15.3 Å². The third-order valence-electron chi connectivity index (χ3n) is 5.33. The van der Waals surface area contributed by atoms with Gasteiger partial charge in [-0.25, -0.2) is 0 Å². The summed E-state index contributed by atoms with van der Waals surface area (Å²) in [6.07, 6.45) is 8.15. The fourth-order valence-electron chi connectivity index (χ4n) is 4.15. The predicted molar refractivity (Wildman–Crippen MR) is 94.8 cm³/mol. The van der Waals surface area contributed by atoms with Gasteiger partial charge in [-0.1, -0.05) is 33.6 Å². The van der Waals surface area contributed by atoms with E-state index in [1.54, 1.807) is 0 Å². The van der Waals surface area contributed by atoms with Crippen LogP contribution in [0.1, 0.15) is 80.1 Å². The van der Waals surface area contributed by atoms with Crippen molar-refractivity contribution in [3.8, 4) is 0 Å². The molecule has 0 aliphatic heterocycles. The van der Waals surface area contributed by atoms with Gasteiger partial charge >= 0.3 is 0 Å². The smallest absolute Gasteiger partial charge is 0.00967 e. The van der Waals surface area contributed by atoms with Crippen molar-refractivity contribution in [1.29, 1.82) is 0 Å². The van der Waals surface area contributed by atoms with Gasteiger partial charge in [0.15, 0.2) is 0 Å². The molecule has 0 bridgehead atoms. The number of rotatable bonds is 7. The first-order valence-corrected chi connectivity index (χ1v) is 9.16. The first kappa shape index (κ1) is 19.0. The normalized spacial score (nSPS) is 27.6. The lowest BCUT2D eigenvalue weighted by molar-refractivity contribution is 0.0646. The molecule has 1 N–H and O–H groups in total.